The lowest BCUT2D eigenvalue weighted by molar-refractivity contribution is 0.0809. The first kappa shape index (κ1) is 24.1. The molecule has 0 spiro atoms. The zero-order valence-corrected chi connectivity index (χ0v) is 20.9. The molecular formula is C29H32F2N2OS. The van der Waals surface area contributed by atoms with Gasteiger partial charge in [-0.2, -0.15) is 0 Å². The first-order valence-electron chi connectivity index (χ1n) is 12.5. The van der Waals surface area contributed by atoms with Crippen LogP contribution in [-0.2, 0) is 6.54 Å². The number of likely N-dealkylation sites (tertiary alicyclic amines) is 1. The van der Waals surface area contributed by atoms with Gasteiger partial charge < -0.3 is 9.04 Å². The molecule has 184 valence electrons. The summed E-state index contributed by atoms with van der Waals surface area (Å²) >= 11 is 1.69. The van der Waals surface area contributed by atoms with Crippen LogP contribution in [0.2, 0.25) is 0 Å². The topological polar surface area (TPSA) is 15.7 Å². The highest BCUT2D eigenvalue weighted by Crippen LogP contribution is 2.40. The van der Waals surface area contributed by atoms with Gasteiger partial charge in [-0.15, -0.1) is 0 Å². The summed E-state index contributed by atoms with van der Waals surface area (Å²) in [5.41, 5.74) is 4.27. The number of allylic oxidation sites excluding steroid dienone is 2. The molecule has 2 aliphatic heterocycles. The number of alkyl halides is 1. The Bertz CT molecular complexity index is 1110. The number of rotatable bonds is 7. The second kappa shape index (κ2) is 11.0. The highest BCUT2D eigenvalue weighted by atomic mass is 32.2. The monoisotopic (exact) mass is 494 g/mol. The molecule has 6 heteroatoms. The Morgan fingerprint density at radius 2 is 1.86 bits per heavy atom. The summed E-state index contributed by atoms with van der Waals surface area (Å²) in [7, 11) is 0. The van der Waals surface area contributed by atoms with E-state index in [1.165, 1.54) is 11.6 Å². The van der Waals surface area contributed by atoms with Crippen LogP contribution < -0.4 is 9.04 Å². The summed E-state index contributed by atoms with van der Waals surface area (Å²) in [5.74, 6) is 0.925. The minimum absolute atomic E-state index is 0.341. The van der Waals surface area contributed by atoms with Crippen molar-refractivity contribution in [1.82, 2.24) is 4.90 Å². The summed E-state index contributed by atoms with van der Waals surface area (Å²) < 4.78 is 37.9. The molecule has 0 bridgehead atoms. The van der Waals surface area contributed by atoms with E-state index in [4.69, 9.17) is 4.74 Å². The fraction of sp³-hybridized carbons (Fsp3) is 0.379. The van der Waals surface area contributed by atoms with Crippen molar-refractivity contribution in [1.29, 1.82) is 0 Å². The molecule has 1 fully saturated rings. The van der Waals surface area contributed by atoms with Crippen molar-refractivity contribution >= 4 is 23.7 Å². The molecule has 5 rings (SSSR count). The zero-order valence-electron chi connectivity index (χ0n) is 20.1. The SMILES string of the molecule is CCC1=CC(F)C(N2CCC(COc3cccc4c3C=CSN4Cc3ccccc3)CC2)C(F)=C1. The van der Waals surface area contributed by atoms with Crippen molar-refractivity contribution in [3.05, 3.63) is 88.6 Å². The predicted octanol–water partition coefficient (Wildman–Crippen LogP) is 7.33. The molecule has 2 heterocycles. The molecule has 1 saturated heterocycles. The number of piperidine rings is 1. The van der Waals surface area contributed by atoms with Gasteiger partial charge in [0.15, 0.2) is 0 Å². The number of hydrogen-bond donors (Lipinski definition) is 0. The van der Waals surface area contributed by atoms with Crippen LogP contribution in [0.3, 0.4) is 0 Å². The molecule has 0 saturated carbocycles. The Kier molecular flexibility index (Phi) is 7.59. The smallest absolute Gasteiger partial charge is 0.141 e. The number of benzene rings is 2. The lowest BCUT2D eigenvalue weighted by Gasteiger charge is -2.38. The number of nitrogens with zero attached hydrogens (tertiary/aromatic N) is 2. The highest BCUT2D eigenvalue weighted by Gasteiger charge is 2.35. The molecule has 35 heavy (non-hydrogen) atoms. The molecule has 3 nitrogen and oxygen atoms in total. The largest absolute Gasteiger partial charge is 0.493 e. The molecule has 2 unspecified atom stereocenters. The summed E-state index contributed by atoms with van der Waals surface area (Å²) in [6.45, 7) is 4.73. The van der Waals surface area contributed by atoms with Crippen molar-refractivity contribution < 1.29 is 13.5 Å². The zero-order chi connectivity index (χ0) is 24.2. The molecule has 2 aromatic rings. The third kappa shape index (κ3) is 5.49. The Morgan fingerprint density at radius 1 is 1.06 bits per heavy atom. The van der Waals surface area contributed by atoms with E-state index in [2.05, 4.69) is 46.1 Å². The van der Waals surface area contributed by atoms with Gasteiger partial charge in [0.1, 0.15) is 17.7 Å². The van der Waals surface area contributed by atoms with Gasteiger partial charge >= 0.3 is 0 Å². The second-order valence-electron chi connectivity index (χ2n) is 9.42. The molecule has 2 aromatic carbocycles. The minimum Gasteiger partial charge on any atom is -0.493 e. The maximum Gasteiger partial charge on any atom is 0.141 e. The van der Waals surface area contributed by atoms with Gasteiger partial charge in [0.05, 0.1) is 24.9 Å². The van der Waals surface area contributed by atoms with Crippen LogP contribution in [0, 0.1) is 5.92 Å². The van der Waals surface area contributed by atoms with E-state index in [-0.39, 0.29) is 5.83 Å². The summed E-state index contributed by atoms with van der Waals surface area (Å²) in [5, 5.41) is 2.11. The molecule has 0 radical (unpaired) electrons. The molecule has 2 atom stereocenters. The number of fused-ring (bicyclic) bond motifs is 1. The predicted molar refractivity (Wildman–Crippen MR) is 142 cm³/mol. The van der Waals surface area contributed by atoms with E-state index in [0.29, 0.717) is 32.0 Å². The van der Waals surface area contributed by atoms with Gasteiger partial charge in [0, 0.05) is 5.56 Å². The van der Waals surface area contributed by atoms with Crippen LogP contribution in [0.4, 0.5) is 14.5 Å². The van der Waals surface area contributed by atoms with E-state index < -0.39 is 12.2 Å². The second-order valence-corrected chi connectivity index (χ2v) is 10.3. The van der Waals surface area contributed by atoms with Crippen LogP contribution >= 0.6 is 11.9 Å². The van der Waals surface area contributed by atoms with Crippen molar-refractivity contribution in [2.75, 3.05) is 24.0 Å². The Morgan fingerprint density at radius 3 is 2.60 bits per heavy atom. The highest BCUT2D eigenvalue weighted by molar-refractivity contribution is 8.03. The summed E-state index contributed by atoms with van der Waals surface area (Å²) in [4.78, 5) is 1.96. The van der Waals surface area contributed by atoms with Crippen molar-refractivity contribution in [2.45, 2.75) is 44.9 Å². The van der Waals surface area contributed by atoms with E-state index >= 15 is 0 Å². The van der Waals surface area contributed by atoms with E-state index in [9.17, 15) is 8.78 Å². The molecule has 0 N–H and O–H groups in total. The van der Waals surface area contributed by atoms with E-state index in [0.717, 1.165) is 42.0 Å². The Labute approximate surface area is 211 Å². The van der Waals surface area contributed by atoms with Crippen molar-refractivity contribution in [3.8, 4) is 5.75 Å². The number of halogens is 2. The van der Waals surface area contributed by atoms with Crippen LogP contribution in [0.1, 0.15) is 37.3 Å². The molecular weight excluding hydrogens is 462 g/mol. The standard InChI is InChI=1S/C29H32F2N2OS/c1-2-21-17-25(30)29(26(31)18-21)32-14-11-23(12-15-32)20-34-28-10-6-9-27-24(28)13-16-35-33(27)19-22-7-4-3-5-8-22/h3-10,13,16-18,23,25,29H,2,11-12,14-15,19-20H2,1H3. The average molecular weight is 495 g/mol. The van der Waals surface area contributed by atoms with Gasteiger partial charge in [0.2, 0.25) is 0 Å². The maximum absolute atomic E-state index is 14.7. The van der Waals surface area contributed by atoms with E-state index in [1.807, 2.05) is 30.0 Å². The minimum atomic E-state index is -1.28. The molecule has 1 aliphatic carbocycles. The van der Waals surface area contributed by atoms with Crippen LogP contribution in [0.15, 0.2) is 77.5 Å². The number of ether oxygens (including phenoxy) is 1. The Balaban J connectivity index is 1.18. The van der Waals surface area contributed by atoms with Crippen LogP contribution in [0.5, 0.6) is 5.75 Å². The van der Waals surface area contributed by atoms with Crippen molar-refractivity contribution in [2.24, 2.45) is 5.92 Å². The van der Waals surface area contributed by atoms with Gasteiger partial charge in [0.25, 0.3) is 0 Å². The third-order valence-corrected chi connectivity index (χ3v) is 7.95. The average Bonchev–Trinajstić information content (AvgIpc) is 2.88. The van der Waals surface area contributed by atoms with Gasteiger partial charge in [-0.25, -0.2) is 8.78 Å². The molecule has 3 aliphatic rings. The summed E-state index contributed by atoms with van der Waals surface area (Å²) in [6.07, 6.45) is 6.35. The lowest BCUT2D eigenvalue weighted by atomic mass is 9.92. The lowest BCUT2D eigenvalue weighted by Crippen LogP contribution is -2.47. The normalized spacial score (nSPS) is 23.0. The molecule has 0 aromatic heterocycles. The van der Waals surface area contributed by atoms with Crippen molar-refractivity contribution in [3.63, 3.8) is 0 Å². The van der Waals surface area contributed by atoms with Gasteiger partial charge in [-0.3, -0.25) is 4.90 Å². The number of hydrogen-bond acceptors (Lipinski definition) is 4. The van der Waals surface area contributed by atoms with E-state index in [1.54, 1.807) is 18.0 Å². The first-order chi connectivity index (χ1) is 17.1. The van der Waals surface area contributed by atoms with Crippen LogP contribution in [0.25, 0.3) is 6.08 Å². The maximum atomic E-state index is 14.7. The molecule has 0 amide bonds. The number of anilines is 1. The van der Waals surface area contributed by atoms with Gasteiger partial charge in [-0.1, -0.05) is 43.3 Å². The first-order valence-corrected chi connectivity index (χ1v) is 13.3. The third-order valence-electron chi connectivity index (χ3n) is 7.11. The Hall–Kier alpha value is -2.57. The fourth-order valence-electron chi connectivity index (χ4n) is 5.10. The van der Waals surface area contributed by atoms with Gasteiger partial charge in [-0.05, 0) is 97.1 Å². The summed E-state index contributed by atoms with van der Waals surface area (Å²) in [6, 6.07) is 15.9. The fourth-order valence-corrected chi connectivity index (χ4v) is 5.94. The van der Waals surface area contributed by atoms with Crippen LogP contribution in [-0.4, -0.2) is 36.8 Å². The quantitative estimate of drug-likeness (QED) is 0.374.